The second-order valence-corrected chi connectivity index (χ2v) is 5.94. The van der Waals surface area contributed by atoms with E-state index in [-0.39, 0.29) is 5.91 Å². The van der Waals surface area contributed by atoms with Crippen LogP contribution in [0.2, 0.25) is 10.0 Å². The summed E-state index contributed by atoms with van der Waals surface area (Å²) >= 11 is 13.2. The largest absolute Gasteiger partial charge is 0.298 e. The fraction of sp³-hybridized carbons (Fsp3) is 0. The van der Waals surface area contributed by atoms with Crippen molar-refractivity contribution >= 4 is 55.8 Å². The maximum Gasteiger partial charge on any atom is 0.257 e. The second kappa shape index (κ2) is 5.40. The van der Waals surface area contributed by atoms with E-state index in [0.717, 1.165) is 4.70 Å². The summed E-state index contributed by atoms with van der Waals surface area (Å²) < 4.78 is 0.934. The number of carbonyl (C=O) groups excluding carboxylic acids is 1. The summed E-state index contributed by atoms with van der Waals surface area (Å²) in [5.74, 6) is -0.225. The molecule has 0 aliphatic rings. The van der Waals surface area contributed by atoms with Crippen LogP contribution < -0.4 is 5.32 Å². The Morgan fingerprint density at radius 3 is 2.55 bits per heavy atom. The number of rotatable bonds is 2. The molecule has 0 atom stereocenters. The van der Waals surface area contributed by atoms with Gasteiger partial charge in [0.05, 0.1) is 9.72 Å². The molecule has 3 rings (SSSR count). The second-order valence-electron chi connectivity index (χ2n) is 4.07. The van der Waals surface area contributed by atoms with Gasteiger partial charge in [-0.15, -0.1) is 0 Å². The highest BCUT2D eigenvalue weighted by atomic mass is 35.5. The van der Waals surface area contributed by atoms with E-state index in [0.29, 0.717) is 26.3 Å². The molecule has 6 heteroatoms. The first kappa shape index (κ1) is 13.4. The van der Waals surface area contributed by atoms with Gasteiger partial charge in [-0.25, -0.2) is 4.98 Å². The lowest BCUT2D eigenvalue weighted by atomic mass is 10.2. The number of halogens is 2. The number of nitrogens with one attached hydrogen (secondary N) is 1. The van der Waals surface area contributed by atoms with E-state index in [2.05, 4.69) is 10.3 Å². The van der Waals surface area contributed by atoms with Crippen molar-refractivity contribution in [1.82, 2.24) is 4.98 Å². The molecule has 0 fully saturated rings. The van der Waals surface area contributed by atoms with E-state index < -0.39 is 0 Å². The van der Waals surface area contributed by atoms with E-state index in [4.69, 9.17) is 23.2 Å². The van der Waals surface area contributed by atoms with Crippen LogP contribution in [-0.4, -0.2) is 10.9 Å². The van der Waals surface area contributed by atoms with Crippen molar-refractivity contribution in [3.8, 4) is 0 Å². The zero-order valence-corrected chi connectivity index (χ0v) is 12.4. The number of fused-ring (bicyclic) bond motifs is 1. The number of amides is 1. The van der Waals surface area contributed by atoms with Crippen molar-refractivity contribution in [1.29, 1.82) is 0 Å². The lowest BCUT2D eigenvalue weighted by Crippen LogP contribution is -2.11. The third-order valence-electron chi connectivity index (χ3n) is 2.70. The molecule has 3 aromatic rings. The molecule has 1 amide bonds. The third-order valence-corrected chi connectivity index (χ3v) is 4.19. The third kappa shape index (κ3) is 2.63. The van der Waals surface area contributed by atoms with Crippen LogP contribution in [0.1, 0.15) is 10.4 Å². The van der Waals surface area contributed by atoms with Gasteiger partial charge in [0, 0.05) is 10.6 Å². The number of thiazole rings is 1. The van der Waals surface area contributed by atoms with Gasteiger partial charge in [0.25, 0.3) is 5.91 Å². The highest BCUT2D eigenvalue weighted by Gasteiger charge is 2.11. The monoisotopic (exact) mass is 322 g/mol. The number of carbonyl (C=O) groups is 1. The molecule has 0 aliphatic carbocycles. The van der Waals surface area contributed by atoms with E-state index in [9.17, 15) is 4.79 Å². The fourth-order valence-corrected chi connectivity index (χ4v) is 3.03. The van der Waals surface area contributed by atoms with Gasteiger partial charge in [0.2, 0.25) is 0 Å². The Hall–Kier alpha value is -1.62. The highest BCUT2D eigenvalue weighted by molar-refractivity contribution is 7.22. The Balaban J connectivity index is 1.87. The molecular weight excluding hydrogens is 315 g/mol. The molecule has 2 aromatic carbocycles. The number of nitrogens with zero attached hydrogens (tertiary/aromatic N) is 1. The summed E-state index contributed by atoms with van der Waals surface area (Å²) in [6.07, 6.45) is 0. The van der Waals surface area contributed by atoms with Crippen LogP contribution in [-0.2, 0) is 0 Å². The first-order valence-corrected chi connectivity index (χ1v) is 7.33. The standard InChI is InChI=1S/C14H8Cl2N2OS/c15-9-6-4-8(5-7-9)13(19)18-14-17-12-10(16)2-1-3-11(12)20-14/h1-7H,(H,17,18,19). The van der Waals surface area contributed by atoms with Crippen molar-refractivity contribution in [2.45, 2.75) is 0 Å². The number of benzene rings is 2. The van der Waals surface area contributed by atoms with Gasteiger partial charge in [0.1, 0.15) is 5.52 Å². The molecule has 20 heavy (non-hydrogen) atoms. The molecule has 0 unspecified atom stereocenters. The number of anilines is 1. The summed E-state index contributed by atoms with van der Waals surface area (Å²) in [6.45, 7) is 0. The minimum Gasteiger partial charge on any atom is -0.298 e. The Labute approximate surface area is 129 Å². The summed E-state index contributed by atoms with van der Waals surface area (Å²) in [4.78, 5) is 16.4. The summed E-state index contributed by atoms with van der Waals surface area (Å²) in [5.41, 5.74) is 1.23. The number of para-hydroxylation sites is 1. The summed E-state index contributed by atoms with van der Waals surface area (Å²) in [6, 6.07) is 12.2. The molecule has 0 spiro atoms. The highest BCUT2D eigenvalue weighted by Crippen LogP contribution is 2.30. The van der Waals surface area contributed by atoms with E-state index in [1.165, 1.54) is 11.3 Å². The van der Waals surface area contributed by atoms with Crippen LogP contribution >= 0.6 is 34.5 Å². The van der Waals surface area contributed by atoms with Crippen LogP contribution in [0.3, 0.4) is 0 Å². The number of hydrogen-bond donors (Lipinski definition) is 1. The molecule has 0 aliphatic heterocycles. The van der Waals surface area contributed by atoms with Gasteiger partial charge in [0.15, 0.2) is 5.13 Å². The lowest BCUT2D eigenvalue weighted by molar-refractivity contribution is 0.102. The van der Waals surface area contributed by atoms with Gasteiger partial charge in [-0.2, -0.15) is 0 Å². The average molecular weight is 323 g/mol. The first-order chi connectivity index (χ1) is 9.63. The molecule has 0 saturated carbocycles. The van der Waals surface area contributed by atoms with Crippen LogP contribution in [0.4, 0.5) is 5.13 Å². The minimum absolute atomic E-state index is 0.225. The Morgan fingerprint density at radius 2 is 1.85 bits per heavy atom. The Morgan fingerprint density at radius 1 is 1.10 bits per heavy atom. The molecule has 3 nitrogen and oxygen atoms in total. The lowest BCUT2D eigenvalue weighted by Gasteiger charge is -2.01. The van der Waals surface area contributed by atoms with E-state index in [1.807, 2.05) is 12.1 Å². The molecule has 0 radical (unpaired) electrons. The number of aromatic nitrogens is 1. The molecule has 0 bridgehead atoms. The van der Waals surface area contributed by atoms with E-state index in [1.54, 1.807) is 30.3 Å². The molecule has 1 aromatic heterocycles. The molecule has 0 saturated heterocycles. The first-order valence-electron chi connectivity index (χ1n) is 5.75. The maximum absolute atomic E-state index is 12.1. The normalized spacial score (nSPS) is 10.7. The van der Waals surface area contributed by atoms with Crippen LogP contribution in [0.5, 0.6) is 0 Å². The summed E-state index contributed by atoms with van der Waals surface area (Å²) in [7, 11) is 0. The van der Waals surface area contributed by atoms with Gasteiger partial charge in [-0.3, -0.25) is 10.1 Å². The van der Waals surface area contributed by atoms with Crippen molar-refractivity contribution in [3.05, 3.63) is 58.1 Å². The predicted molar refractivity (Wildman–Crippen MR) is 84.0 cm³/mol. The van der Waals surface area contributed by atoms with E-state index >= 15 is 0 Å². The fourth-order valence-electron chi connectivity index (χ4n) is 1.74. The van der Waals surface area contributed by atoms with Gasteiger partial charge >= 0.3 is 0 Å². The molecule has 1 N–H and O–H groups in total. The van der Waals surface area contributed by atoms with Crippen molar-refractivity contribution in [2.24, 2.45) is 0 Å². The van der Waals surface area contributed by atoms with Gasteiger partial charge in [-0.1, -0.05) is 40.6 Å². The van der Waals surface area contributed by atoms with Crippen molar-refractivity contribution in [3.63, 3.8) is 0 Å². The number of hydrogen-bond acceptors (Lipinski definition) is 3. The minimum atomic E-state index is -0.225. The zero-order valence-electron chi connectivity index (χ0n) is 10.1. The van der Waals surface area contributed by atoms with Crippen molar-refractivity contribution < 1.29 is 4.79 Å². The predicted octanol–water partition coefficient (Wildman–Crippen LogP) is 4.86. The Bertz CT molecular complexity index is 783. The molecular formula is C14H8Cl2N2OS. The quantitative estimate of drug-likeness (QED) is 0.732. The van der Waals surface area contributed by atoms with Crippen LogP contribution in [0.15, 0.2) is 42.5 Å². The Kier molecular flexibility index (Phi) is 3.61. The average Bonchev–Trinajstić information content (AvgIpc) is 2.83. The smallest absolute Gasteiger partial charge is 0.257 e. The van der Waals surface area contributed by atoms with Gasteiger partial charge < -0.3 is 0 Å². The summed E-state index contributed by atoms with van der Waals surface area (Å²) in [5, 5.41) is 4.45. The topological polar surface area (TPSA) is 42.0 Å². The maximum atomic E-state index is 12.1. The van der Waals surface area contributed by atoms with Gasteiger partial charge in [-0.05, 0) is 36.4 Å². The van der Waals surface area contributed by atoms with Crippen LogP contribution in [0.25, 0.3) is 10.2 Å². The van der Waals surface area contributed by atoms with Crippen LogP contribution in [0, 0.1) is 0 Å². The SMILES string of the molecule is O=C(Nc1nc2c(Cl)cccc2s1)c1ccc(Cl)cc1. The molecule has 1 heterocycles. The molecule has 100 valence electrons. The van der Waals surface area contributed by atoms with Crippen molar-refractivity contribution in [2.75, 3.05) is 5.32 Å². The zero-order chi connectivity index (χ0) is 14.1.